The molecule has 17 nitrogen and oxygen atoms in total. The van der Waals surface area contributed by atoms with Crippen LogP contribution in [0.25, 0.3) is 21.3 Å². The number of nitrogens with zero attached hydrogens (tertiary/aromatic N) is 6. The molecule has 1 aromatic carbocycles. The molecule has 0 bridgehead atoms. The molecule has 4 amide bonds. The number of thiazole rings is 1. The van der Waals surface area contributed by atoms with Crippen molar-refractivity contribution in [3.63, 3.8) is 0 Å². The van der Waals surface area contributed by atoms with E-state index < -0.39 is 64.0 Å². The molecule has 1 aliphatic rings. The zero-order valence-corrected chi connectivity index (χ0v) is 31.4. The number of aromatic nitrogens is 4. The van der Waals surface area contributed by atoms with Gasteiger partial charge in [-0.2, -0.15) is 13.4 Å². The van der Waals surface area contributed by atoms with Gasteiger partial charge in [0.2, 0.25) is 10.2 Å². The van der Waals surface area contributed by atoms with E-state index >= 15 is 0 Å². The molecular formula is C33H42N8O9S2. The second-order valence-electron chi connectivity index (χ2n) is 14.2. The Morgan fingerprint density at radius 3 is 2.40 bits per heavy atom. The molecule has 52 heavy (non-hydrogen) atoms. The highest BCUT2D eigenvalue weighted by Gasteiger charge is 2.37. The van der Waals surface area contributed by atoms with Crippen LogP contribution in [0.5, 0.6) is 0 Å². The first-order chi connectivity index (χ1) is 24.3. The maximum atomic E-state index is 13.2. The third-order valence-electron chi connectivity index (χ3n) is 7.54. The molecular weight excluding hydrogens is 717 g/mol. The van der Waals surface area contributed by atoms with Crippen molar-refractivity contribution in [3.05, 3.63) is 52.7 Å². The maximum Gasteiger partial charge on any atom is 0.410 e. The van der Waals surface area contributed by atoms with E-state index in [1.54, 1.807) is 71.9 Å². The van der Waals surface area contributed by atoms with E-state index in [0.29, 0.717) is 27.7 Å². The van der Waals surface area contributed by atoms with Crippen molar-refractivity contribution in [2.75, 3.05) is 32.7 Å². The van der Waals surface area contributed by atoms with Crippen LogP contribution >= 0.6 is 11.3 Å². The Morgan fingerprint density at radius 2 is 1.73 bits per heavy atom. The predicted octanol–water partition coefficient (Wildman–Crippen LogP) is 3.05. The molecule has 2 N–H and O–H groups in total. The normalized spacial score (nSPS) is 14.2. The number of amides is 4. The summed E-state index contributed by atoms with van der Waals surface area (Å²) in [5.41, 5.74) is -0.859. The van der Waals surface area contributed by atoms with Gasteiger partial charge in [-0.05, 0) is 66.2 Å². The van der Waals surface area contributed by atoms with Gasteiger partial charge in [-0.3, -0.25) is 14.2 Å². The lowest BCUT2D eigenvalue weighted by atomic mass is 10.2. The zero-order chi connectivity index (χ0) is 38.0. The number of nitrogens with one attached hydrogen (secondary N) is 2. The van der Waals surface area contributed by atoms with Crippen molar-refractivity contribution in [3.8, 4) is 0 Å². The first-order valence-electron chi connectivity index (χ1n) is 16.5. The molecule has 280 valence electrons. The molecule has 0 aliphatic carbocycles. The van der Waals surface area contributed by atoms with Gasteiger partial charge in [0.1, 0.15) is 29.9 Å². The smallest absolute Gasteiger partial charge is 0.410 e. The van der Waals surface area contributed by atoms with Crippen molar-refractivity contribution in [2.45, 2.75) is 76.6 Å². The van der Waals surface area contributed by atoms with Crippen LogP contribution in [0.15, 0.2) is 45.7 Å². The van der Waals surface area contributed by atoms with E-state index in [1.807, 2.05) is 0 Å². The fourth-order valence-corrected chi connectivity index (χ4v) is 7.96. The Labute approximate surface area is 303 Å². The van der Waals surface area contributed by atoms with Gasteiger partial charge < -0.3 is 29.6 Å². The van der Waals surface area contributed by atoms with Crippen molar-refractivity contribution in [1.29, 1.82) is 0 Å². The van der Waals surface area contributed by atoms with Crippen LogP contribution in [-0.2, 0) is 42.2 Å². The number of ether oxygens (including phenoxy) is 2. The van der Waals surface area contributed by atoms with Crippen molar-refractivity contribution < 1.29 is 37.1 Å². The summed E-state index contributed by atoms with van der Waals surface area (Å²) in [6, 6.07) is 8.61. The van der Waals surface area contributed by atoms with Crippen molar-refractivity contribution in [1.82, 2.24) is 38.9 Å². The van der Waals surface area contributed by atoms with E-state index in [0.717, 1.165) is 20.2 Å². The highest BCUT2D eigenvalue weighted by molar-refractivity contribution is 7.91. The number of H-pyrrole nitrogens is 1. The number of hydrogen-bond donors (Lipinski definition) is 2. The summed E-state index contributed by atoms with van der Waals surface area (Å²) in [6.45, 7) is 9.80. The van der Waals surface area contributed by atoms with Crippen LogP contribution in [-0.4, -0.2) is 110 Å². The van der Waals surface area contributed by atoms with Gasteiger partial charge >= 0.3 is 17.9 Å². The number of carbonyl (C=O) groups is 4. The lowest BCUT2D eigenvalue weighted by Crippen LogP contribution is -2.54. The minimum absolute atomic E-state index is 0.0666. The fraction of sp³-hybridized carbons (Fsp3) is 0.485. The molecule has 0 unspecified atom stereocenters. The maximum absolute atomic E-state index is 13.2. The lowest BCUT2D eigenvalue weighted by molar-refractivity contribution is -0.142. The summed E-state index contributed by atoms with van der Waals surface area (Å²) in [6.07, 6.45) is 0.694. The van der Waals surface area contributed by atoms with Gasteiger partial charge in [0.15, 0.2) is 0 Å². The van der Waals surface area contributed by atoms with E-state index in [2.05, 4.69) is 20.3 Å². The number of carbonyl (C=O) groups excluding carboxylic acids is 4. The van der Waals surface area contributed by atoms with Gasteiger partial charge in [0.05, 0.1) is 23.3 Å². The van der Waals surface area contributed by atoms with E-state index in [9.17, 15) is 32.4 Å². The Kier molecular flexibility index (Phi) is 10.9. The van der Waals surface area contributed by atoms with E-state index in [4.69, 9.17) is 9.47 Å². The molecule has 0 spiro atoms. The number of rotatable bonds is 10. The molecule has 4 aromatic rings. The fourth-order valence-electron chi connectivity index (χ4n) is 5.26. The number of hydrogen-bond acceptors (Lipinski definition) is 12. The van der Waals surface area contributed by atoms with Crippen LogP contribution in [0, 0.1) is 0 Å². The van der Waals surface area contributed by atoms with Crippen molar-refractivity contribution in [2.24, 2.45) is 0 Å². The van der Waals surface area contributed by atoms with Gasteiger partial charge in [-0.15, -0.1) is 11.3 Å². The summed E-state index contributed by atoms with van der Waals surface area (Å²) >= 11 is 0.961. The molecule has 1 saturated heterocycles. The number of alkyl carbamates (subject to hydrolysis) is 1. The molecule has 3 aromatic heterocycles. The lowest BCUT2D eigenvalue weighted by Gasteiger charge is -2.33. The summed E-state index contributed by atoms with van der Waals surface area (Å²) in [5.74, 6) is -1.36. The summed E-state index contributed by atoms with van der Waals surface area (Å²) < 4.78 is 39.6. The largest absolute Gasteiger partial charge is 0.444 e. The number of benzene rings is 1. The predicted molar refractivity (Wildman–Crippen MR) is 191 cm³/mol. The Morgan fingerprint density at radius 1 is 1.02 bits per heavy atom. The highest BCUT2D eigenvalue weighted by atomic mass is 32.2. The average Bonchev–Trinajstić information content (AvgIpc) is 3.65. The average molecular weight is 759 g/mol. The zero-order valence-electron chi connectivity index (χ0n) is 29.8. The summed E-state index contributed by atoms with van der Waals surface area (Å²) in [4.78, 5) is 78.2. The first kappa shape index (κ1) is 38.2. The molecule has 4 heterocycles. The minimum atomic E-state index is -4.22. The summed E-state index contributed by atoms with van der Waals surface area (Å²) in [7, 11) is -4.22. The Bertz CT molecular complexity index is 2130. The van der Waals surface area contributed by atoms with Crippen LogP contribution < -0.4 is 11.0 Å². The first-order valence-corrected chi connectivity index (χ1v) is 18.8. The molecule has 0 radical (unpaired) electrons. The minimum Gasteiger partial charge on any atom is -0.444 e. The van der Waals surface area contributed by atoms with E-state index in [1.165, 1.54) is 16.0 Å². The number of aromatic amines is 1. The van der Waals surface area contributed by atoms with E-state index in [-0.39, 0.29) is 42.7 Å². The van der Waals surface area contributed by atoms with Gasteiger partial charge in [0.25, 0.3) is 15.9 Å². The monoisotopic (exact) mass is 758 g/mol. The highest BCUT2D eigenvalue weighted by Crippen LogP contribution is 2.28. The molecule has 1 fully saturated rings. The van der Waals surface area contributed by atoms with Crippen LogP contribution in [0.2, 0.25) is 0 Å². The standard InChI is InChI=1S/C33H42N8O9S2/c1-32(2,3)49-29(45)34-12-9-13-39(31(46)50-33(4,5)6)18-22-16-21-17-40(28(44)37-27(21)35-22)19-25(42)38-14-15-41(26(43)20-38)52(47,48)30-36-23-10-7-8-11-24(23)51-30/h7-8,10-11,16-17H,9,12-15,18-20H2,1-6H3,(H,34,45)(H,35,37,44). The molecule has 19 heteroatoms. The van der Waals surface area contributed by atoms with Crippen molar-refractivity contribution >= 4 is 66.6 Å². The van der Waals surface area contributed by atoms with Crippen LogP contribution in [0.4, 0.5) is 9.59 Å². The number of para-hydroxylation sites is 1. The van der Waals surface area contributed by atoms with Gasteiger partial charge in [-0.25, -0.2) is 23.7 Å². The third-order valence-corrected chi connectivity index (χ3v) is 10.7. The van der Waals surface area contributed by atoms with Gasteiger partial charge in [0, 0.05) is 36.9 Å². The molecule has 5 rings (SSSR count). The second kappa shape index (κ2) is 14.9. The van der Waals surface area contributed by atoms with Gasteiger partial charge in [-0.1, -0.05) is 12.1 Å². The number of sulfonamides is 1. The quantitative estimate of drug-likeness (QED) is 0.225. The second-order valence-corrected chi connectivity index (χ2v) is 17.2. The Balaban J connectivity index is 1.23. The molecule has 0 atom stereocenters. The van der Waals surface area contributed by atoms with Crippen LogP contribution in [0.1, 0.15) is 53.7 Å². The third kappa shape index (κ3) is 9.44. The Hall–Kier alpha value is -5.04. The number of piperazine rings is 1. The molecule has 1 aliphatic heterocycles. The SMILES string of the molecule is CC(C)(C)OC(=O)NCCCN(Cc1cc2cn(CC(=O)N3CCN(S(=O)(=O)c4nc5ccccc5s4)C(=O)C3)c(=O)nc2[nH]1)C(=O)OC(C)(C)C. The topological polar surface area (TPSA) is 206 Å². The number of fused-ring (bicyclic) bond motifs is 2. The summed E-state index contributed by atoms with van der Waals surface area (Å²) in [5, 5.41) is 3.15. The van der Waals surface area contributed by atoms with Crippen LogP contribution in [0.3, 0.4) is 0 Å². The molecule has 0 saturated carbocycles.